The van der Waals surface area contributed by atoms with Gasteiger partial charge in [0, 0.05) is 41.4 Å². The number of hydrogen-bond donors (Lipinski definition) is 2. The third-order valence-electron chi connectivity index (χ3n) is 7.48. The number of aromatic amines is 1. The molecule has 1 fully saturated rings. The molecule has 3 heterocycles. The lowest BCUT2D eigenvalue weighted by molar-refractivity contribution is -0.0629. The number of H-pyrrole nitrogens is 1. The molecule has 3 aromatic rings. The van der Waals surface area contributed by atoms with Gasteiger partial charge in [-0.15, -0.1) is 0 Å². The second-order valence-electron chi connectivity index (χ2n) is 9.68. The number of likely N-dealkylation sites (tertiary alicyclic amines) is 1. The van der Waals surface area contributed by atoms with E-state index in [1.807, 2.05) is 31.2 Å². The van der Waals surface area contributed by atoms with Crippen molar-refractivity contribution in [3.05, 3.63) is 63.2 Å². The van der Waals surface area contributed by atoms with Crippen LogP contribution in [0.5, 0.6) is 5.75 Å². The van der Waals surface area contributed by atoms with Crippen molar-refractivity contribution in [3.63, 3.8) is 0 Å². The van der Waals surface area contributed by atoms with Gasteiger partial charge in [-0.25, -0.2) is 13.2 Å². The number of hydrogen-bond acceptors (Lipinski definition) is 4. The van der Waals surface area contributed by atoms with Crippen molar-refractivity contribution in [1.82, 2.24) is 19.8 Å². The average molecular weight is 519 g/mol. The molecule has 2 atom stereocenters. The maximum absolute atomic E-state index is 13.8. The molecule has 0 radical (unpaired) electrons. The summed E-state index contributed by atoms with van der Waals surface area (Å²) < 4.78 is 46.9. The first-order valence-corrected chi connectivity index (χ1v) is 12.4. The minimum absolute atomic E-state index is 0.000878. The first-order chi connectivity index (χ1) is 17.6. The number of pyridine rings is 1. The van der Waals surface area contributed by atoms with E-state index in [1.54, 1.807) is 13.0 Å². The first-order valence-electron chi connectivity index (χ1n) is 12.4. The van der Waals surface area contributed by atoms with E-state index in [4.69, 9.17) is 4.74 Å². The highest BCUT2D eigenvalue weighted by molar-refractivity contribution is 6.08. The number of halogens is 3. The Bertz CT molecular complexity index is 1330. The Labute approximate surface area is 213 Å². The number of rotatable bonds is 8. The molecule has 37 heavy (non-hydrogen) atoms. The molecular weight excluding hydrogens is 485 g/mol. The van der Waals surface area contributed by atoms with Crippen molar-refractivity contribution < 1.29 is 22.7 Å². The molecule has 0 spiro atoms. The van der Waals surface area contributed by atoms with Gasteiger partial charge in [0.05, 0.1) is 24.8 Å². The second-order valence-corrected chi connectivity index (χ2v) is 9.68. The summed E-state index contributed by atoms with van der Waals surface area (Å²) in [7, 11) is 1.48. The first kappa shape index (κ1) is 26.8. The van der Waals surface area contributed by atoms with Gasteiger partial charge in [0.15, 0.2) is 0 Å². The maximum Gasteiger partial charge on any atom is 0.282 e. The second kappa shape index (κ2) is 11.0. The van der Waals surface area contributed by atoms with Gasteiger partial charge in [0.25, 0.3) is 17.9 Å². The van der Waals surface area contributed by atoms with Crippen LogP contribution in [-0.4, -0.2) is 53.3 Å². The minimum Gasteiger partial charge on any atom is -0.496 e. The van der Waals surface area contributed by atoms with Crippen molar-refractivity contribution in [2.75, 3.05) is 20.2 Å². The van der Waals surface area contributed by atoms with Gasteiger partial charge in [-0.1, -0.05) is 18.2 Å². The van der Waals surface area contributed by atoms with Crippen molar-refractivity contribution in [2.45, 2.75) is 58.9 Å². The third-order valence-corrected chi connectivity index (χ3v) is 7.48. The van der Waals surface area contributed by atoms with E-state index in [-0.39, 0.29) is 43.1 Å². The summed E-state index contributed by atoms with van der Waals surface area (Å²) >= 11 is 0. The van der Waals surface area contributed by atoms with Gasteiger partial charge in [-0.05, 0) is 51.7 Å². The summed E-state index contributed by atoms with van der Waals surface area (Å²) in [6.07, 6.45) is -4.09. The fourth-order valence-electron chi connectivity index (χ4n) is 5.51. The molecule has 4 rings (SSSR count). The number of aromatic nitrogens is 2. The Balaban J connectivity index is 1.59. The van der Waals surface area contributed by atoms with E-state index >= 15 is 0 Å². The van der Waals surface area contributed by atoms with E-state index < -0.39 is 12.7 Å². The zero-order valence-electron chi connectivity index (χ0n) is 21.5. The van der Waals surface area contributed by atoms with E-state index in [2.05, 4.69) is 21.8 Å². The minimum atomic E-state index is -3.01. The molecule has 0 aliphatic carbocycles. The van der Waals surface area contributed by atoms with Gasteiger partial charge in [-0.2, -0.15) is 0 Å². The molecule has 7 nitrogen and oxygen atoms in total. The van der Waals surface area contributed by atoms with E-state index in [0.717, 1.165) is 16.6 Å². The number of piperidine rings is 1. The summed E-state index contributed by atoms with van der Waals surface area (Å²) in [4.78, 5) is 29.8. The fraction of sp³-hybridized carbons (Fsp3) is 0.481. The number of amides is 1. The zero-order valence-corrected chi connectivity index (χ0v) is 21.5. The molecule has 2 unspecified atom stereocenters. The summed E-state index contributed by atoms with van der Waals surface area (Å²) in [5.74, 6) is 0.235. The van der Waals surface area contributed by atoms with E-state index in [1.165, 1.54) is 12.0 Å². The highest BCUT2D eigenvalue weighted by Crippen LogP contribution is 2.36. The Morgan fingerprint density at radius 3 is 2.51 bits per heavy atom. The lowest BCUT2D eigenvalue weighted by Crippen LogP contribution is -2.43. The molecule has 1 aromatic carbocycles. The fourth-order valence-corrected chi connectivity index (χ4v) is 5.51. The lowest BCUT2D eigenvalue weighted by Gasteiger charge is -2.37. The van der Waals surface area contributed by atoms with Gasteiger partial charge in [0.2, 0.25) is 6.30 Å². The summed E-state index contributed by atoms with van der Waals surface area (Å²) in [6, 6.07) is 9.29. The van der Waals surface area contributed by atoms with Gasteiger partial charge in [0.1, 0.15) is 5.75 Å². The Morgan fingerprint density at radius 1 is 1.19 bits per heavy atom. The summed E-state index contributed by atoms with van der Waals surface area (Å²) in [6.45, 7) is 6.22. The molecule has 1 saturated heterocycles. The largest absolute Gasteiger partial charge is 0.496 e. The number of nitrogens with one attached hydrogen (secondary N) is 2. The van der Waals surface area contributed by atoms with E-state index in [0.29, 0.717) is 35.4 Å². The predicted octanol–water partition coefficient (Wildman–Crippen LogP) is 4.72. The monoisotopic (exact) mass is 518 g/mol. The molecule has 10 heteroatoms. The SMILES string of the molecule is COc1cc(C)[nH]c(=O)c1CNC(=O)c1c(C)n(C(C)C2CCN(C(F)C(F)F)CC2)c2ccccc12. The zero-order chi connectivity index (χ0) is 26.9. The van der Waals surface area contributed by atoms with Crippen LogP contribution < -0.4 is 15.6 Å². The Hall–Kier alpha value is -3.27. The summed E-state index contributed by atoms with van der Waals surface area (Å²) in [5.41, 5.74) is 2.85. The molecule has 1 aliphatic heterocycles. The topological polar surface area (TPSA) is 79.4 Å². The van der Waals surface area contributed by atoms with Crippen LogP contribution >= 0.6 is 0 Å². The van der Waals surface area contributed by atoms with Crippen LogP contribution in [0.25, 0.3) is 10.9 Å². The molecule has 1 aliphatic rings. The Morgan fingerprint density at radius 2 is 1.86 bits per heavy atom. The third kappa shape index (κ3) is 5.25. The number of benzene rings is 1. The van der Waals surface area contributed by atoms with Crippen molar-refractivity contribution in [3.8, 4) is 5.75 Å². The number of alkyl halides is 3. The van der Waals surface area contributed by atoms with Crippen LogP contribution in [0.3, 0.4) is 0 Å². The van der Waals surface area contributed by atoms with Crippen LogP contribution in [-0.2, 0) is 6.54 Å². The average Bonchev–Trinajstić information content (AvgIpc) is 3.18. The molecule has 200 valence electrons. The quantitative estimate of drug-likeness (QED) is 0.423. The summed E-state index contributed by atoms with van der Waals surface area (Å²) in [5, 5.41) is 3.66. The normalized spacial score (nSPS) is 16.8. The molecule has 2 aromatic heterocycles. The standard InChI is InChI=1S/C27H33F3N4O3/c1-15-13-22(37-4)20(26(35)32-15)14-31-27(36)23-17(3)34(21-8-6-5-7-19(21)23)16(2)18-9-11-33(12-10-18)25(30)24(28)29/h5-8,13,16,18,24-25H,9-12,14H2,1-4H3,(H,31,36)(H,32,35). The van der Waals surface area contributed by atoms with Gasteiger partial charge >= 0.3 is 0 Å². The molecule has 0 saturated carbocycles. The number of carbonyl (C=O) groups is 1. The van der Waals surface area contributed by atoms with Crippen molar-refractivity contribution in [1.29, 1.82) is 0 Å². The molecule has 1 amide bonds. The number of carbonyl (C=O) groups excluding carboxylic acids is 1. The van der Waals surface area contributed by atoms with Gasteiger partial charge in [-0.3, -0.25) is 14.5 Å². The predicted molar refractivity (Wildman–Crippen MR) is 136 cm³/mol. The van der Waals surface area contributed by atoms with Crippen LogP contribution in [0.15, 0.2) is 35.1 Å². The number of para-hydroxylation sites is 1. The lowest BCUT2D eigenvalue weighted by atomic mass is 9.90. The van der Waals surface area contributed by atoms with Crippen LogP contribution in [0.1, 0.15) is 53.1 Å². The highest BCUT2D eigenvalue weighted by atomic mass is 19.3. The number of fused-ring (bicyclic) bond motifs is 1. The van der Waals surface area contributed by atoms with Crippen LogP contribution in [0.4, 0.5) is 13.2 Å². The molecule has 0 bridgehead atoms. The highest BCUT2D eigenvalue weighted by Gasteiger charge is 2.34. The van der Waals surface area contributed by atoms with E-state index in [9.17, 15) is 22.8 Å². The number of aryl methyl sites for hydroxylation is 1. The van der Waals surface area contributed by atoms with Gasteiger partial charge < -0.3 is 19.6 Å². The van der Waals surface area contributed by atoms with Crippen LogP contribution in [0, 0.1) is 19.8 Å². The maximum atomic E-state index is 13.8. The number of ether oxygens (including phenoxy) is 1. The Kier molecular flexibility index (Phi) is 7.96. The van der Waals surface area contributed by atoms with Crippen LogP contribution in [0.2, 0.25) is 0 Å². The van der Waals surface area contributed by atoms with Crippen molar-refractivity contribution in [2.24, 2.45) is 5.92 Å². The van der Waals surface area contributed by atoms with Crippen molar-refractivity contribution >= 4 is 16.8 Å². The number of nitrogens with zero attached hydrogens (tertiary/aromatic N) is 2. The molecular formula is C27H33F3N4O3. The molecule has 2 N–H and O–H groups in total. The smallest absolute Gasteiger partial charge is 0.282 e. The number of methoxy groups -OCH3 is 1.